The number of aryl methyl sites for hydroxylation is 2. The minimum atomic E-state index is -4.37. The van der Waals surface area contributed by atoms with Gasteiger partial charge in [-0.3, -0.25) is 4.90 Å². The van der Waals surface area contributed by atoms with E-state index in [1.54, 1.807) is 14.0 Å². The van der Waals surface area contributed by atoms with Crippen molar-refractivity contribution in [3.05, 3.63) is 35.3 Å². The molecule has 0 saturated heterocycles. The maximum absolute atomic E-state index is 12.5. The van der Waals surface area contributed by atoms with Crippen LogP contribution in [0.15, 0.2) is 18.3 Å². The molecule has 1 atom stereocenters. The van der Waals surface area contributed by atoms with Crippen molar-refractivity contribution in [2.45, 2.75) is 39.2 Å². The van der Waals surface area contributed by atoms with Crippen LogP contribution in [0.5, 0.6) is 5.88 Å². The Morgan fingerprint density at radius 2 is 2.08 bits per heavy atom. The van der Waals surface area contributed by atoms with Gasteiger partial charge in [-0.2, -0.15) is 18.3 Å². The molecule has 0 spiro atoms. The van der Waals surface area contributed by atoms with Crippen LogP contribution in [-0.2, 0) is 20.1 Å². The van der Waals surface area contributed by atoms with E-state index in [1.807, 2.05) is 6.07 Å². The van der Waals surface area contributed by atoms with Gasteiger partial charge >= 0.3 is 6.18 Å². The first-order valence-corrected chi connectivity index (χ1v) is 7.87. The fraction of sp³-hybridized carbons (Fsp3) is 0.562. The summed E-state index contributed by atoms with van der Waals surface area (Å²) in [5.74, 6) is 0.193. The molecule has 0 aromatic carbocycles. The molecular weight excluding hydrogens is 321 g/mol. The van der Waals surface area contributed by atoms with Crippen molar-refractivity contribution in [1.82, 2.24) is 19.2 Å². The average Bonchev–Trinajstić information content (AvgIpc) is 3.05. The second-order valence-corrected chi connectivity index (χ2v) is 6.17. The lowest BCUT2D eigenvalue weighted by Gasteiger charge is -2.34. The van der Waals surface area contributed by atoms with Crippen LogP contribution in [0.2, 0.25) is 0 Å². The predicted molar refractivity (Wildman–Crippen MR) is 82.8 cm³/mol. The monoisotopic (exact) mass is 342 g/mol. The molecule has 0 saturated carbocycles. The van der Waals surface area contributed by atoms with E-state index in [0.717, 1.165) is 13.1 Å². The number of hydrogen-bond acceptors (Lipinski definition) is 3. The molecule has 2 aromatic rings. The zero-order valence-corrected chi connectivity index (χ0v) is 14.0. The molecule has 2 aromatic heterocycles. The summed E-state index contributed by atoms with van der Waals surface area (Å²) >= 11 is 0. The molecule has 24 heavy (non-hydrogen) atoms. The van der Waals surface area contributed by atoms with E-state index in [2.05, 4.69) is 33.8 Å². The van der Waals surface area contributed by atoms with Gasteiger partial charge in [0, 0.05) is 44.6 Å². The van der Waals surface area contributed by atoms with Crippen LogP contribution in [0, 0.1) is 6.92 Å². The number of nitrogens with zero attached hydrogens (tertiary/aromatic N) is 4. The van der Waals surface area contributed by atoms with E-state index in [1.165, 1.54) is 10.4 Å². The molecular formula is C16H21F3N4O. The highest BCUT2D eigenvalue weighted by Gasteiger charge is 2.31. The van der Waals surface area contributed by atoms with Gasteiger partial charge in [0.1, 0.15) is 0 Å². The molecule has 3 heterocycles. The van der Waals surface area contributed by atoms with Crippen LogP contribution in [0.25, 0.3) is 0 Å². The molecule has 3 rings (SSSR count). The van der Waals surface area contributed by atoms with Gasteiger partial charge < -0.3 is 9.30 Å². The van der Waals surface area contributed by atoms with Gasteiger partial charge in [0.2, 0.25) is 5.88 Å². The van der Waals surface area contributed by atoms with Crippen molar-refractivity contribution in [2.75, 3.05) is 13.2 Å². The van der Waals surface area contributed by atoms with Crippen LogP contribution >= 0.6 is 0 Å². The van der Waals surface area contributed by atoms with Crippen molar-refractivity contribution < 1.29 is 17.9 Å². The lowest BCUT2D eigenvalue weighted by atomic mass is 10.1. The van der Waals surface area contributed by atoms with Gasteiger partial charge in [-0.1, -0.05) is 0 Å². The predicted octanol–water partition coefficient (Wildman–Crippen LogP) is 3.05. The first-order valence-electron chi connectivity index (χ1n) is 7.87. The average molecular weight is 342 g/mol. The number of rotatable bonds is 4. The maximum atomic E-state index is 12.5. The van der Waals surface area contributed by atoms with Crippen molar-refractivity contribution in [3.8, 4) is 5.88 Å². The van der Waals surface area contributed by atoms with E-state index in [9.17, 15) is 13.2 Å². The molecule has 0 aliphatic carbocycles. The van der Waals surface area contributed by atoms with Gasteiger partial charge in [-0.05, 0) is 26.0 Å². The molecule has 1 aliphatic heterocycles. The quantitative estimate of drug-likeness (QED) is 0.857. The molecule has 1 unspecified atom stereocenters. The molecule has 0 amide bonds. The number of fused-ring (bicyclic) bond motifs is 1. The van der Waals surface area contributed by atoms with Crippen LogP contribution in [-0.4, -0.2) is 38.6 Å². The Labute approximate surface area is 138 Å². The lowest BCUT2D eigenvalue weighted by molar-refractivity contribution is -0.154. The number of hydrogen-bond donors (Lipinski definition) is 0. The summed E-state index contributed by atoms with van der Waals surface area (Å²) in [6.45, 7) is 4.80. The number of alkyl halides is 3. The SMILES string of the molecule is Cc1nn(C)c(OCC(F)(F)F)c1CN1CCn2cccc2C1C. The second kappa shape index (κ2) is 6.16. The minimum absolute atomic E-state index is 0.184. The van der Waals surface area contributed by atoms with Crippen LogP contribution in [0.1, 0.15) is 29.9 Å². The Kier molecular flexibility index (Phi) is 4.33. The molecule has 5 nitrogen and oxygen atoms in total. The lowest BCUT2D eigenvalue weighted by Crippen LogP contribution is -2.36. The maximum Gasteiger partial charge on any atom is 0.422 e. The van der Waals surface area contributed by atoms with Crippen LogP contribution in [0.3, 0.4) is 0 Å². The smallest absolute Gasteiger partial charge is 0.422 e. The van der Waals surface area contributed by atoms with Gasteiger partial charge in [0.15, 0.2) is 6.61 Å². The van der Waals surface area contributed by atoms with Crippen LogP contribution in [0.4, 0.5) is 13.2 Å². The highest BCUT2D eigenvalue weighted by molar-refractivity contribution is 5.31. The third kappa shape index (κ3) is 3.28. The summed E-state index contributed by atoms with van der Waals surface area (Å²) in [6, 6.07) is 4.28. The first-order chi connectivity index (χ1) is 11.3. The Hall–Kier alpha value is -1.96. The van der Waals surface area contributed by atoms with Gasteiger partial charge in [-0.15, -0.1) is 0 Å². The third-order valence-corrected chi connectivity index (χ3v) is 4.49. The Bertz CT molecular complexity index is 719. The van der Waals surface area contributed by atoms with E-state index in [4.69, 9.17) is 4.74 Å². The second-order valence-electron chi connectivity index (χ2n) is 6.17. The third-order valence-electron chi connectivity index (χ3n) is 4.49. The largest absolute Gasteiger partial charge is 0.468 e. The zero-order valence-electron chi connectivity index (χ0n) is 14.0. The fourth-order valence-electron chi connectivity index (χ4n) is 3.24. The highest BCUT2D eigenvalue weighted by Crippen LogP contribution is 2.31. The molecule has 0 radical (unpaired) electrons. The van der Waals surface area contributed by atoms with Crippen LogP contribution < -0.4 is 4.74 Å². The Morgan fingerprint density at radius 3 is 2.79 bits per heavy atom. The van der Waals surface area contributed by atoms with E-state index in [0.29, 0.717) is 17.8 Å². The number of aromatic nitrogens is 3. The van der Waals surface area contributed by atoms with Gasteiger partial charge in [-0.25, -0.2) is 4.68 Å². The Balaban J connectivity index is 1.80. The highest BCUT2D eigenvalue weighted by atomic mass is 19.4. The summed E-state index contributed by atoms with van der Waals surface area (Å²) in [5.41, 5.74) is 2.62. The first kappa shape index (κ1) is 16.9. The summed E-state index contributed by atoms with van der Waals surface area (Å²) in [4.78, 5) is 2.24. The Morgan fingerprint density at radius 1 is 1.33 bits per heavy atom. The van der Waals surface area contributed by atoms with Crippen molar-refractivity contribution in [2.24, 2.45) is 7.05 Å². The fourth-order valence-corrected chi connectivity index (χ4v) is 3.24. The molecule has 1 aliphatic rings. The van der Waals surface area contributed by atoms with Crippen molar-refractivity contribution in [3.63, 3.8) is 0 Å². The van der Waals surface area contributed by atoms with Gasteiger partial charge in [0.25, 0.3) is 0 Å². The number of ether oxygens (including phenoxy) is 1. The van der Waals surface area contributed by atoms with E-state index >= 15 is 0 Å². The topological polar surface area (TPSA) is 35.2 Å². The van der Waals surface area contributed by atoms with Crippen molar-refractivity contribution in [1.29, 1.82) is 0 Å². The summed E-state index contributed by atoms with van der Waals surface area (Å²) in [5, 5.41) is 4.23. The zero-order chi connectivity index (χ0) is 17.5. The molecule has 0 N–H and O–H groups in total. The van der Waals surface area contributed by atoms with Crippen molar-refractivity contribution >= 4 is 0 Å². The summed E-state index contributed by atoms with van der Waals surface area (Å²) in [7, 11) is 1.60. The summed E-state index contributed by atoms with van der Waals surface area (Å²) in [6.07, 6.45) is -2.31. The van der Waals surface area contributed by atoms with E-state index in [-0.39, 0.29) is 11.9 Å². The normalized spacial score (nSPS) is 18.7. The minimum Gasteiger partial charge on any atom is -0.468 e. The standard InChI is InChI=1S/C16H21F3N4O/c1-11-13(15(21(3)20-11)24-10-16(17,18)19)9-23-8-7-22-6-4-5-14(22)12(23)2/h4-6,12H,7-10H2,1-3H3. The van der Waals surface area contributed by atoms with Gasteiger partial charge in [0.05, 0.1) is 11.3 Å². The number of halogens is 3. The molecule has 8 heteroatoms. The van der Waals surface area contributed by atoms with E-state index < -0.39 is 12.8 Å². The molecule has 0 fully saturated rings. The molecule has 0 bridgehead atoms. The molecule has 132 valence electrons. The summed E-state index contributed by atoms with van der Waals surface area (Å²) < 4.78 is 46.1.